The standard InChI is InChI=1S/C12H18FN3O2S/c1-15-5-6-16(11(8-14)9-15)19(17,18)12-4-2-3-10(13)7-12/h2-4,7,11H,5-6,8-9,14H2,1H3. The molecule has 2 N–H and O–H groups in total. The van der Waals surface area contributed by atoms with Crippen molar-refractivity contribution in [2.24, 2.45) is 5.73 Å². The van der Waals surface area contributed by atoms with Gasteiger partial charge in [-0.1, -0.05) is 6.07 Å². The normalized spacial score (nSPS) is 22.6. The summed E-state index contributed by atoms with van der Waals surface area (Å²) in [5, 5.41) is 0. The average Bonchev–Trinajstić information content (AvgIpc) is 2.38. The van der Waals surface area contributed by atoms with E-state index in [4.69, 9.17) is 5.73 Å². The van der Waals surface area contributed by atoms with Crippen LogP contribution in [0.2, 0.25) is 0 Å². The molecule has 7 heteroatoms. The molecule has 1 saturated heterocycles. The largest absolute Gasteiger partial charge is 0.329 e. The van der Waals surface area contributed by atoms with Crippen LogP contribution in [-0.2, 0) is 10.0 Å². The molecule has 0 saturated carbocycles. The molecule has 0 aromatic heterocycles. The van der Waals surface area contributed by atoms with Crippen LogP contribution in [0, 0.1) is 5.82 Å². The van der Waals surface area contributed by atoms with Crippen molar-refractivity contribution in [3.05, 3.63) is 30.1 Å². The lowest BCUT2D eigenvalue weighted by atomic mass is 10.2. The van der Waals surface area contributed by atoms with E-state index in [1.54, 1.807) is 0 Å². The first-order valence-corrected chi connectivity index (χ1v) is 7.55. The number of rotatable bonds is 3. The minimum atomic E-state index is -3.68. The number of piperazine rings is 1. The van der Waals surface area contributed by atoms with Gasteiger partial charge in [-0.15, -0.1) is 0 Å². The third-order valence-electron chi connectivity index (χ3n) is 3.31. The van der Waals surface area contributed by atoms with E-state index in [1.807, 2.05) is 11.9 Å². The van der Waals surface area contributed by atoms with Gasteiger partial charge in [-0.05, 0) is 25.2 Å². The maximum absolute atomic E-state index is 13.2. The number of likely N-dealkylation sites (N-methyl/N-ethyl adjacent to an activating group) is 1. The van der Waals surface area contributed by atoms with Crippen molar-refractivity contribution in [2.75, 3.05) is 33.2 Å². The summed E-state index contributed by atoms with van der Waals surface area (Å²) in [5.41, 5.74) is 5.65. The van der Waals surface area contributed by atoms with Gasteiger partial charge in [-0.2, -0.15) is 4.31 Å². The summed E-state index contributed by atoms with van der Waals surface area (Å²) in [6, 6.07) is 4.80. The molecule has 0 radical (unpaired) electrons. The van der Waals surface area contributed by atoms with Crippen LogP contribution in [0.3, 0.4) is 0 Å². The molecule has 1 fully saturated rings. The number of benzene rings is 1. The third kappa shape index (κ3) is 2.94. The quantitative estimate of drug-likeness (QED) is 0.855. The molecule has 5 nitrogen and oxygen atoms in total. The Labute approximate surface area is 112 Å². The number of nitrogens with two attached hydrogens (primary N) is 1. The molecule has 106 valence electrons. The molecule has 19 heavy (non-hydrogen) atoms. The number of nitrogens with zero attached hydrogens (tertiary/aromatic N) is 2. The van der Waals surface area contributed by atoms with Crippen LogP contribution in [0.5, 0.6) is 0 Å². The second-order valence-corrected chi connectivity index (χ2v) is 6.62. The number of sulfonamides is 1. The van der Waals surface area contributed by atoms with E-state index in [-0.39, 0.29) is 17.5 Å². The fourth-order valence-electron chi connectivity index (χ4n) is 2.27. The Hall–Kier alpha value is -1.02. The van der Waals surface area contributed by atoms with Crippen molar-refractivity contribution in [3.63, 3.8) is 0 Å². The minimum absolute atomic E-state index is 0.0181. The van der Waals surface area contributed by atoms with E-state index in [9.17, 15) is 12.8 Å². The van der Waals surface area contributed by atoms with Crippen LogP contribution in [-0.4, -0.2) is 56.9 Å². The van der Waals surface area contributed by atoms with Gasteiger partial charge in [0.05, 0.1) is 10.9 Å². The molecule has 0 amide bonds. The van der Waals surface area contributed by atoms with E-state index in [1.165, 1.54) is 22.5 Å². The zero-order valence-corrected chi connectivity index (χ0v) is 11.6. The summed E-state index contributed by atoms with van der Waals surface area (Å²) < 4.78 is 39.6. The molecular formula is C12H18FN3O2S. The van der Waals surface area contributed by atoms with Crippen molar-refractivity contribution in [1.29, 1.82) is 0 Å². The number of hydrogen-bond acceptors (Lipinski definition) is 4. The number of halogens is 1. The summed E-state index contributed by atoms with van der Waals surface area (Å²) >= 11 is 0. The van der Waals surface area contributed by atoms with Gasteiger partial charge in [-0.25, -0.2) is 12.8 Å². The first kappa shape index (κ1) is 14.4. The maximum Gasteiger partial charge on any atom is 0.243 e. The molecule has 1 heterocycles. The molecule has 1 aromatic rings. The van der Waals surface area contributed by atoms with Crippen molar-refractivity contribution < 1.29 is 12.8 Å². The second-order valence-electron chi connectivity index (χ2n) is 4.72. The SMILES string of the molecule is CN1CCN(S(=O)(=O)c2cccc(F)c2)C(CN)C1. The molecule has 1 aromatic carbocycles. The van der Waals surface area contributed by atoms with E-state index < -0.39 is 15.8 Å². The van der Waals surface area contributed by atoms with Gasteiger partial charge in [0, 0.05) is 26.2 Å². The Morgan fingerprint density at radius 2 is 2.16 bits per heavy atom. The van der Waals surface area contributed by atoms with Gasteiger partial charge >= 0.3 is 0 Å². The van der Waals surface area contributed by atoms with Crippen LogP contribution in [0.1, 0.15) is 0 Å². The van der Waals surface area contributed by atoms with Crippen molar-refractivity contribution in [3.8, 4) is 0 Å². The topological polar surface area (TPSA) is 66.6 Å². The Kier molecular flexibility index (Phi) is 4.19. The first-order valence-electron chi connectivity index (χ1n) is 6.11. The molecule has 2 rings (SSSR count). The highest BCUT2D eigenvalue weighted by Crippen LogP contribution is 2.21. The predicted molar refractivity (Wildman–Crippen MR) is 70.6 cm³/mol. The van der Waals surface area contributed by atoms with E-state index >= 15 is 0 Å². The second kappa shape index (κ2) is 5.54. The average molecular weight is 287 g/mol. The van der Waals surface area contributed by atoms with Gasteiger partial charge in [0.25, 0.3) is 0 Å². The zero-order valence-electron chi connectivity index (χ0n) is 10.8. The van der Waals surface area contributed by atoms with Crippen molar-refractivity contribution in [1.82, 2.24) is 9.21 Å². The summed E-state index contributed by atoms with van der Waals surface area (Å²) in [6.07, 6.45) is 0. The highest BCUT2D eigenvalue weighted by Gasteiger charge is 2.34. The third-order valence-corrected chi connectivity index (χ3v) is 5.25. The number of hydrogen-bond donors (Lipinski definition) is 1. The van der Waals surface area contributed by atoms with Gasteiger partial charge < -0.3 is 10.6 Å². The van der Waals surface area contributed by atoms with Crippen molar-refractivity contribution in [2.45, 2.75) is 10.9 Å². The van der Waals surface area contributed by atoms with Gasteiger partial charge in [0.15, 0.2) is 0 Å². The Morgan fingerprint density at radius 3 is 2.79 bits per heavy atom. The van der Waals surface area contributed by atoms with Crippen LogP contribution >= 0.6 is 0 Å². The first-order chi connectivity index (χ1) is 8.95. The van der Waals surface area contributed by atoms with Crippen LogP contribution in [0.25, 0.3) is 0 Å². The summed E-state index contributed by atoms with van der Waals surface area (Å²) in [4.78, 5) is 2.02. The predicted octanol–water partition coefficient (Wildman–Crippen LogP) is 0.0891. The fourth-order valence-corrected chi connectivity index (χ4v) is 3.92. The van der Waals surface area contributed by atoms with Crippen LogP contribution < -0.4 is 5.73 Å². The lowest BCUT2D eigenvalue weighted by Gasteiger charge is -2.38. The maximum atomic E-state index is 13.2. The van der Waals surface area contributed by atoms with Gasteiger partial charge in [-0.3, -0.25) is 0 Å². The zero-order chi connectivity index (χ0) is 14.0. The Morgan fingerprint density at radius 1 is 1.42 bits per heavy atom. The van der Waals surface area contributed by atoms with E-state index in [0.29, 0.717) is 19.6 Å². The highest BCUT2D eigenvalue weighted by molar-refractivity contribution is 7.89. The molecule has 0 aliphatic carbocycles. The van der Waals surface area contributed by atoms with E-state index in [0.717, 1.165) is 6.07 Å². The Balaban J connectivity index is 2.33. The lowest BCUT2D eigenvalue weighted by molar-refractivity contribution is 0.164. The summed E-state index contributed by atoms with van der Waals surface area (Å²) in [7, 11) is -1.76. The van der Waals surface area contributed by atoms with Crippen LogP contribution in [0.4, 0.5) is 4.39 Å². The molecule has 1 unspecified atom stereocenters. The highest BCUT2D eigenvalue weighted by atomic mass is 32.2. The minimum Gasteiger partial charge on any atom is -0.329 e. The fraction of sp³-hybridized carbons (Fsp3) is 0.500. The van der Waals surface area contributed by atoms with E-state index in [2.05, 4.69) is 0 Å². The smallest absolute Gasteiger partial charge is 0.243 e. The van der Waals surface area contributed by atoms with Crippen LogP contribution in [0.15, 0.2) is 29.2 Å². The van der Waals surface area contributed by atoms with Gasteiger partial charge in [0.1, 0.15) is 5.82 Å². The molecular weight excluding hydrogens is 269 g/mol. The molecule has 1 aliphatic rings. The monoisotopic (exact) mass is 287 g/mol. The molecule has 0 spiro atoms. The molecule has 1 atom stereocenters. The van der Waals surface area contributed by atoms with Gasteiger partial charge in [0.2, 0.25) is 10.0 Å². The summed E-state index contributed by atoms with van der Waals surface area (Å²) in [5.74, 6) is -0.556. The Bertz CT molecular complexity index is 550. The van der Waals surface area contributed by atoms with Crippen molar-refractivity contribution >= 4 is 10.0 Å². The molecule has 1 aliphatic heterocycles. The summed E-state index contributed by atoms with van der Waals surface area (Å²) in [6.45, 7) is 1.85. The lowest BCUT2D eigenvalue weighted by Crippen LogP contribution is -2.56. The molecule has 0 bridgehead atoms.